The van der Waals surface area contributed by atoms with Crippen molar-refractivity contribution >= 4 is 34.9 Å². The molecule has 9 heteroatoms. The van der Waals surface area contributed by atoms with Gasteiger partial charge < -0.3 is 19.5 Å². The fourth-order valence-corrected chi connectivity index (χ4v) is 2.33. The molecule has 0 radical (unpaired) electrons. The first-order chi connectivity index (χ1) is 11.4. The molecule has 1 aromatic rings. The maximum atomic E-state index is 11.9. The number of ether oxygens (including phenoxy) is 3. The maximum absolute atomic E-state index is 11.9. The van der Waals surface area contributed by atoms with Crippen LogP contribution in [0.1, 0.15) is 17.3 Å². The summed E-state index contributed by atoms with van der Waals surface area (Å²) in [6.45, 7) is 1.24. The fourth-order valence-electron chi connectivity index (χ4n) is 1.66. The summed E-state index contributed by atoms with van der Waals surface area (Å²) in [6, 6.07) is 5.10. The number of nitrogens with one attached hydrogen (secondary N) is 1. The van der Waals surface area contributed by atoms with Gasteiger partial charge in [0, 0.05) is 12.7 Å². The third-order valence-corrected chi connectivity index (χ3v) is 3.54. The van der Waals surface area contributed by atoms with Gasteiger partial charge >= 0.3 is 17.2 Å². The minimum Gasteiger partial charge on any atom is -0.467 e. The van der Waals surface area contributed by atoms with Gasteiger partial charge in [-0.05, 0) is 23.9 Å². The number of hydrogen-bond acceptors (Lipinski definition) is 8. The molecular formula is C15H17NO7S. The van der Waals surface area contributed by atoms with Gasteiger partial charge in [0.15, 0.2) is 0 Å². The molecule has 0 fully saturated rings. The number of amides is 1. The third-order valence-electron chi connectivity index (χ3n) is 2.72. The molecule has 0 saturated heterocycles. The molecule has 0 saturated carbocycles. The van der Waals surface area contributed by atoms with Crippen LogP contribution in [0.15, 0.2) is 24.3 Å². The summed E-state index contributed by atoms with van der Waals surface area (Å²) in [7, 11) is 2.39. The Kier molecular flexibility index (Phi) is 7.76. The Balaban J connectivity index is 2.71. The molecule has 0 unspecified atom stereocenters. The first-order valence-electron chi connectivity index (χ1n) is 6.76. The molecule has 0 spiro atoms. The number of thioether (sulfide) groups is 1. The monoisotopic (exact) mass is 355 g/mol. The maximum Gasteiger partial charge on any atom is 0.372 e. The van der Waals surface area contributed by atoms with E-state index >= 15 is 0 Å². The van der Waals surface area contributed by atoms with Crippen molar-refractivity contribution in [1.29, 1.82) is 0 Å². The lowest BCUT2D eigenvalue weighted by Gasteiger charge is -2.14. The van der Waals surface area contributed by atoms with Crippen LogP contribution in [0.4, 0.5) is 4.79 Å². The number of rotatable bonds is 6. The molecule has 130 valence electrons. The zero-order valence-corrected chi connectivity index (χ0v) is 14.2. The van der Waals surface area contributed by atoms with Gasteiger partial charge in [0.2, 0.25) is 5.91 Å². The van der Waals surface area contributed by atoms with E-state index in [-0.39, 0.29) is 17.1 Å². The van der Waals surface area contributed by atoms with Crippen molar-refractivity contribution in [3.8, 4) is 5.75 Å². The van der Waals surface area contributed by atoms with Gasteiger partial charge in [-0.2, -0.15) is 0 Å². The number of benzene rings is 1. The Bertz CT molecular complexity index is 632. The average molecular weight is 355 g/mol. The molecule has 0 aliphatic heterocycles. The van der Waals surface area contributed by atoms with E-state index in [1.165, 1.54) is 33.3 Å². The first-order valence-corrected chi connectivity index (χ1v) is 7.74. The van der Waals surface area contributed by atoms with Crippen LogP contribution in [0.25, 0.3) is 0 Å². The molecule has 1 N–H and O–H groups in total. The van der Waals surface area contributed by atoms with E-state index < -0.39 is 29.2 Å². The van der Waals surface area contributed by atoms with Crippen LogP contribution in [0.2, 0.25) is 0 Å². The van der Waals surface area contributed by atoms with Gasteiger partial charge in [-0.25, -0.2) is 14.4 Å². The zero-order chi connectivity index (χ0) is 18.1. The van der Waals surface area contributed by atoms with Crippen LogP contribution in [0, 0.1) is 0 Å². The van der Waals surface area contributed by atoms with Gasteiger partial charge in [0.25, 0.3) is 0 Å². The van der Waals surface area contributed by atoms with Crippen LogP contribution in [0.5, 0.6) is 5.75 Å². The number of hydrogen-bond donors (Lipinski definition) is 1. The van der Waals surface area contributed by atoms with Crippen molar-refractivity contribution in [2.45, 2.75) is 13.0 Å². The Labute approximate surface area is 142 Å². The minimum absolute atomic E-state index is 0.0380. The second-order valence-electron chi connectivity index (χ2n) is 4.43. The molecule has 0 aliphatic rings. The van der Waals surface area contributed by atoms with Crippen LogP contribution in [0.3, 0.4) is 0 Å². The predicted octanol–water partition coefficient (Wildman–Crippen LogP) is 1.38. The molecule has 0 heterocycles. The lowest BCUT2D eigenvalue weighted by atomic mass is 10.2. The molecule has 1 atom stereocenters. The van der Waals surface area contributed by atoms with Crippen LogP contribution in [-0.2, 0) is 19.1 Å². The van der Waals surface area contributed by atoms with Crippen molar-refractivity contribution in [2.75, 3.05) is 20.0 Å². The van der Waals surface area contributed by atoms with E-state index in [0.717, 1.165) is 0 Å². The molecule has 1 amide bonds. The fraction of sp³-hybridized carbons (Fsp3) is 0.333. The van der Waals surface area contributed by atoms with E-state index in [4.69, 9.17) is 4.74 Å². The molecule has 0 aromatic heterocycles. The number of carbonyl (C=O) groups is 4. The Morgan fingerprint density at radius 3 is 2.38 bits per heavy atom. The molecule has 1 rings (SSSR count). The highest BCUT2D eigenvalue weighted by atomic mass is 32.2. The summed E-state index contributed by atoms with van der Waals surface area (Å²) in [5, 5.41) is 1.63. The normalized spacial score (nSPS) is 11.1. The van der Waals surface area contributed by atoms with Crippen LogP contribution < -0.4 is 10.1 Å². The van der Waals surface area contributed by atoms with E-state index in [1.54, 1.807) is 12.1 Å². The molecule has 1 aromatic carbocycles. The van der Waals surface area contributed by atoms with Gasteiger partial charge in [0.1, 0.15) is 17.4 Å². The lowest BCUT2D eigenvalue weighted by Crippen LogP contribution is -2.42. The summed E-state index contributed by atoms with van der Waals surface area (Å²) in [5.41, 5.74) is 0.0975. The number of methoxy groups -OCH3 is 2. The third kappa shape index (κ3) is 5.92. The number of para-hydroxylation sites is 1. The Hall–Kier alpha value is -2.55. The average Bonchev–Trinajstić information content (AvgIpc) is 2.57. The van der Waals surface area contributed by atoms with Crippen molar-refractivity contribution in [2.24, 2.45) is 0 Å². The zero-order valence-electron chi connectivity index (χ0n) is 13.4. The van der Waals surface area contributed by atoms with E-state index in [2.05, 4.69) is 14.8 Å². The Morgan fingerprint density at radius 1 is 1.12 bits per heavy atom. The molecule has 8 nitrogen and oxygen atoms in total. The number of carbonyl (C=O) groups excluding carboxylic acids is 4. The first kappa shape index (κ1) is 19.5. The smallest absolute Gasteiger partial charge is 0.372 e. The molecular weight excluding hydrogens is 338 g/mol. The van der Waals surface area contributed by atoms with Crippen LogP contribution >= 0.6 is 11.8 Å². The second-order valence-corrected chi connectivity index (χ2v) is 5.38. The molecule has 0 bridgehead atoms. The SMILES string of the molecule is COC(=O)c1ccccc1OC(=O)SC[C@H](NC(C)=O)C(=O)OC. The second kappa shape index (κ2) is 9.56. The Morgan fingerprint density at radius 2 is 1.79 bits per heavy atom. The van der Waals surface area contributed by atoms with Gasteiger partial charge in [0.05, 0.1) is 14.2 Å². The molecule has 24 heavy (non-hydrogen) atoms. The highest BCUT2D eigenvalue weighted by molar-refractivity contribution is 8.13. The standard InChI is InChI=1S/C15H17NO7S/c1-9(17)16-11(14(19)22-3)8-24-15(20)23-12-7-5-4-6-10(12)13(18)21-2/h4-7,11H,8H2,1-3H3,(H,16,17)/t11-/m0/s1. The highest BCUT2D eigenvalue weighted by Crippen LogP contribution is 2.21. The van der Waals surface area contributed by atoms with Gasteiger partial charge in [-0.1, -0.05) is 12.1 Å². The largest absolute Gasteiger partial charge is 0.467 e. The summed E-state index contributed by atoms with van der Waals surface area (Å²) in [6.07, 6.45) is 0. The minimum atomic E-state index is -0.985. The number of esters is 2. The van der Waals surface area contributed by atoms with Crippen molar-refractivity contribution in [1.82, 2.24) is 5.32 Å². The van der Waals surface area contributed by atoms with Crippen molar-refractivity contribution < 1.29 is 33.4 Å². The summed E-state index contributed by atoms with van der Waals surface area (Å²) in [5.74, 6) is -1.80. The highest BCUT2D eigenvalue weighted by Gasteiger charge is 2.23. The van der Waals surface area contributed by atoms with E-state index in [1.807, 2.05) is 0 Å². The van der Waals surface area contributed by atoms with Crippen molar-refractivity contribution in [3.63, 3.8) is 0 Å². The van der Waals surface area contributed by atoms with Gasteiger partial charge in [-0.15, -0.1) is 0 Å². The van der Waals surface area contributed by atoms with E-state index in [9.17, 15) is 19.2 Å². The quantitative estimate of drug-likeness (QED) is 0.763. The van der Waals surface area contributed by atoms with Gasteiger partial charge in [-0.3, -0.25) is 4.79 Å². The summed E-state index contributed by atoms with van der Waals surface area (Å²) >= 11 is 0.664. The van der Waals surface area contributed by atoms with E-state index in [0.29, 0.717) is 11.8 Å². The van der Waals surface area contributed by atoms with Crippen molar-refractivity contribution in [3.05, 3.63) is 29.8 Å². The summed E-state index contributed by atoms with van der Waals surface area (Å²) in [4.78, 5) is 46.1. The summed E-state index contributed by atoms with van der Waals surface area (Å²) < 4.78 is 14.2. The molecule has 0 aliphatic carbocycles. The predicted molar refractivity (Wildman–Crippen MR) is 85.9 cm³/mol. The van der Waals surface area contributed by atoms with Crippen LogP contribution in [-0.4, -0.2) is 49.2 Å². The topological polar surface area (TPSA) is 108 Å². The lowest BCUT2D eigenvalue weighted by molar-refractivity contribution is -0.144.